The zero-order valence-electron chi connectivity index (χ0n) is 16.7. The van der Waals surface area contributed by atoms with Crippen LogP contribution < -0.4 is 4.74 Å². The number of sulfonamides is 1. The second-order valence-corrected chi connectivity index (χ2v) is 9.44. The van der Waals surface area contributed by atoms with Crippen molar-refractivity contribution in [2.24, 2.45) is 0 Å². The van der Waals surface area contributed by atoms with Crippen LogP contribution in [-0.2, 0) is 14.8 Å². The van der Waals surface area contributed by atoms with E-state index in [9.17, 15) is 13.2 Å². The number of nitrogens with zero attached hydrogens (tertiary/aromatic N) is 3. The van der Waals surface area contributed by atoms with Gasteiger partial charge in [-0.25, -0.2) is 8.42 Å². The van der Waals surface area contributed by atoms with Gasteiger partial charge in [-0.3, -0.25) is 9.69 Å². The van der Waals surface area contributed by atoms with Gasteiger partial charge in [0, 0.05) is 39.3 Å². The van der Waals surface area contributed by atoms with E-state index in [1.165, 1.54) is 23.6 Å². The number of rotatable bonds is 5. The first-order valence-electron chi connectivity index (χ1n) is 10.1. The molecule has 0 aromatic heterocycles. The smallest absolute Gasteiger partial charge is 0.243 e. The molecule has 0 bridgehead atoms. The van der Waals surface area contributed by atoms with E-state index in [0.717, 1.165) is 25.9 Å². The molecule has 1 amide bonds. The van der Waals surface area contributed by atoms with Crippen LogP contribution in [0.4, 0.5) is 0 Å². The lowest BCUT2D eigenvalue weighted by molar-refractivity contribution is -0.133. The number of hydrogen-bond donors (Lipinski definition) is 0. The molecule has 2 heterocycles. The molecule has 0 aliphatic carbocycles. The van der Waals surface area contributed by atoms with Crippen molar-refractivity contribution in [2.75, 3.05) is 52.9 Å². The monoisotopic (exact) mass is 409 g/mol. The van der Waals surface area contributed by atoms with E-state index in [-0.39, 0.29) is 10.8 Å². The van der Waals surface area contributed by atoms with Crippen LogP contribution in [-0.4, -0.2) is 81.4 Å². The molecule has 28 heavy (non-hydrogen) atoms. The molecule has 7 nitrogen and oxygen atoms in total. The van der Waals surface area contributed by atoms with Crippen LogP contribution in [0.5, 0.6) is 5.75 Å². The maximum Gasteiger partial charge on any atom is 0.243 e. The van der Waals surface area contributed by atoms with Gasteiger partial charge in [0.15, 0.2) is 0 Å². The summed E-state index contributed by atoms with van der Waals surface area (Å²) in [6.45, 7) is 4.05. The Kier molecular flexibility index (Phi) is 7.31. The van der Waals surface area contributed by atoms with Crippen molar-refractivity contribution in [2.45, 2.75) is 37.0 Å². The number of benzene rings is 1. The number of methoxy groups -OCH3 is 1. The lowest BCUT2D eigenvalue weighted by Gasteiger charge is -2.35. The molecule has 156 valence electrons. The second-order valence-electron chi connectivity index (χ2n) is 7.50. The Balaban J connectivity index is 1.52. The van der Waals surface area contributed by atoms with Crippen molar-refractivity contribution in [1.29, 1.82) is 0 Å². The Morgan fingerprint density at radius 1 is 0.893 bits per heavy atom. The van der Waals surface area contributed by atoms with Gasteiger partial charge < -0.3 is 9.64 Å². The summed E-state index contributed by atoms with van der Waals surface area (Å²) >= 11 is 0. The van der Waals surface area contributed by atoms with Gasteiger partial charge in [-0.1, -0.05) is 19.3 Å². The predicted molar refractivity (Wildman–Crippen MR) is 108 cm³/mol. The van der Waals surface area contributed by atoms with Crippen molar-refractivity contribution in [3.8, 4) is 5.75 Å². The van der Waals surface area contributed by atoms with Gasteiger partial charge in [-0.2, -0.15) is 4.31 Å². The number of carbonyl (C=O) groups is 1. The normalized spacial score (nSPS) is 20.4. The quantitative estimate of drug-likeness (QED) is 0.742. The molecule has 2 fully saturated rings. The average Bonchev–Trinajstić information content (AvgIpc) is 2.68. The van der Waals surface area contributed by atoms with Gasteiger partial charge in [0.05, 0.1) is 18.6 Å². The maximum absolute atomic E-state index is 12.8. The predicted octanol–water partition coefficient (Wildman–Crippen LogP) is 1.79. The lowest BCUT2D eigenvalue weighted by atomic mass is 10.1. The third-order valence-corrected chi connectivity index (χ3v) is 7.51. The van der Waals surface area contributed by atoms with E-state index in [0.29, 0.717) is 38.5 Å². The molecule has 1 aromatic rings. The Morgan fingerprint density at radius 3 is 2.04 bits per heavy atom. The highest BCUT2D eigenvalue weighted by Gasteiger charge is 2.29. The Labute approximate surface area is 168 Å². The molecular weight excluding hydrogens is 378 g/mol. The first-order chi connectivity index (χ1) is 13.5. The van der Waals surface area contributed by atoms with Gasteiger partial charge in [0.1, 0.15) is 5.75 Å². The maximum atomic E-state index is 12.8. The zero-order valence-corrected chi connectivity index (χ0v) is 17.5. The van der Waals surface area contributed by atoms with Gasteiger partial charge in [-0.05, 0) is 37.1 Å². The Hall–Kier alpha value is -1.64. The van der Waals surface area contributed by atoms with E-state index in [4.69, 9.17) is 4.74 Å². The first kappa shape index (κ1) is 21.1. The molecule has 3 rings (SSSR count). The average molecular weight is 410 g/mol. The summed E-state index contributed by atoms with van der Waals surface area (Å²) in [4.78, 5) is 17.0. The molecule has 2 aliphatic rings. The van der Waals surface area contributed by atoms with Crippen molar-refractivity contribution < 1.29 is 17.9 Å². The summed E-state index contributed by atoms with van der Waals surface area (Å²) in [5, 5.41) is 0. The number of amides is 1. The molecule has 0 radical (unpaired) electrons. The number of carbonyl (C=O) groups excluding carboxylic acids is 1. The van der Waals surface area contributed by atoms with Crippen LogP contribution in [0.3, 0.4) is 0 Å². The topological polar surface area (TPSA) is 70.2 Å². The number of hydrogen-bond acceptors (Lipinski definition) is 5. The Bertz CT molecular complexity index is 735. The first-order valence-corrected chi connectivity index (χ1v) is 11.6. The molecule has 0 unspecified atom stereocenters. The summed E-state index contributed by atoms with van der Waals surface area (Å²) in [7, 11) is -1.96. The van der Waals surface area contributed by atoms with Gasteiger partial charge in [0.2, 0.25) is 15.9 Å². The van der Waals surface area contributed by atoms with Crippen LogP contribution >= 0.6 is 0 Å². The summed E-state index contributed by atoms with van der Waals surface area (Å²) < 4.78 is 32.2. The SMILES string of the molecule is COc1ccc(S(=O)(=O)N2CCN(CC(=O)N3CCCCCCC3)CC2)cc1. The molecule has 2 saturated heterocycles. The summed E-state index contributed by atoms with van der Waals surface area (Å²) in [5.74, 6) is 0.805. The van der Waals surface area contributed by atoms with Crippen molar-refractivity contribution in [3.05, 3.63) is 24.3 Å². The fourth-order valence-electron chi connectivity index (χ4n) is 3.81. The van der Waals surface area contributed by atoms with E-state index < -0.39 is 10.0 Å². The van der Waals surface area contributed by atoms with Crippen LogP contribution in [0.1, 0.15) is 32.1 Å². The molecule has 0 N–H and O–H groups in total. The molecule has 8 heteroatoms. The van der Waals surface area contributed by atoms with Gasteiger partial charge in [-0.15, -0.1) is 0 Å². The fraction of sp³-hybridized carbons (Fsp3) is 0.650. The molecular formula is C20H31N3O4S. The lowest BCUT2D eigenvalue weighted by Crippen LogP contribution is -2.51. The highest BCUT2D eigenvalue weighted by molar-refractivity contribution is 7.89. The van der Waals surface area contributed by atoms with Crippen LogP contribution in [0.15, 0.2) is 29.2 Å². The fourth-order valence-corrected chi connectivity index (χ4v) is 5.24. The highest BCUT2D eigenvalue weighted by atomic mass is 32.2. The summed E-state index contributed by atoms with van der Waals surface area (Å²) in [6, 6.07) is 6.47. The molecule has 2 aliphatic heterocycles. The molecule has 0 saturated carbocycles. The Morgan fingerprint density at radius 2 is 1.46 bits per heavy atom. The van der Waals surface area contributed by atoms with Crippen LogP contribution in [0.25, 0.3) is 0 Å². The standard InChI is InChI=1S/C20H31N3O4S/c1-27-18-7-9-19(10-8-18)28(25,26)23-15-13-21(14-16-23)17-20(24)22-11-5-3-2-4-6-12-22/h7-10H,2-6,11-17H2,1H3. The minimum Gasteiger partial charge on any atom is -0.497 e. The van der Waals surface area contributed by atoms with Crippen LogP contribution in [0.2, 0.25) is 0 Å². The third kappa shape index (κ3) is 5.24. The van der Waals surface area contributed by atoms with E-state index in [2.05, 4.69) is 4.90 Å². The minimum atomic E-state index is -3.51. The highest BCUT2D eigenvalue weighted by Crippen LogP contribution is 2.21. The van der Waals surface area contributed by atoms with Gasteiger partial charge in [0.25, 0.3) is 0 Å². The second kappa shape index (κ2) is 9.71. The zero-order chi connectivity index (χ0) is 20.0. The largest absolute Gasteiger partial charge is 0.497 e. The van der Waals surface area contributed by atoms with Crippen molar-refractivity contribution in [3.63, 3.8) is 0 Å². The van der Waals surface area contributed by atoms with Crippen molar-refractivity contribution in [1.82, 2.24) is 14.1 Å². The minimum absolute atomic E-state index is 0.174. The number of ether oxygens (including phenoxy) is 1. The number of likely N-dealkylation sites (tertiary alicyclic amines) is 1. The summed E-state index contributed by atoms with van der Waals surface area (Å²) in [5.41, 5.74) is 0. The van der Waals surface area contributed by atoms with Crippen molar-refractivity contribution >= 4 is 15.9 Å². The number of piperazine rings is 1. The van der Waals surface area contributed by atoms with E-state index in [1.807, 2.05) is 4.90 Å². The molecule has 1 aromatic carbocycles. The molecule has 0 atom stereocenters. The molecule has 0 spiro atoms. The third-order valence-electron chi connectivity index (χ3n) is 5.60. The van der Waals surface area contributed by atoms with Crippen LogP contribution in [0, 0.1) is 0 Å². The van der Waals surface area contributed by atoms with Gasteiger partial charge >= 0.3 is 0 Å². The van der Waals surface area contributed by atoms with E-state index in [1.54, 1.807) is 31.4 Å². The summed E-state index contributed by atoms with van der Waals surface area (Å²) in [6.07, 6.45) is 5.84. The van der Waals surface area contributed by atoms with E-state index >= 15 is 0 Å².